The van der Waals surface area contributed by atoms with Crippen molar-refractivity contribution in [3.8, 4) is 6.07 Å². The number of nitriles is 1. The first-order valence-corrected chi connectivity index (χ1v) is 6.93. The number of fused-ring (bicyclic) bond motifs is 1. The van der Waals surface area contributed by atoms with Crippen molar-refractivity contribution in [3.05, 3.63) is 52.8 Å². The molecule has 6 heteroatoms. The summed E-state index contributed by atoms with van der Waals surface area (Å²) >= 11 is 3.44. The van der Waals surface area contributed by atoms with Gasteiger partial charge in [0.1, 0.15) is 12.1 Å². The number of nitrogen functional groups attached to an aromatic ring is 1. The van der Waals surface area contributed by atoms with Crippen molar-refractivity contribution in [3.63, 3.8) is 0 Å². The summed E-state index contributed by atoms with van der Waals surface area (Å²) in [7, 11) is 0. The molecule has 0 fully saturated rings. The maximum absolute atomic E-state index is 8.89. The first-order chi connectivity index (χ1) is 10.2. The van der Waals surface area contributed by atoms with Crippen molar-refractivity contribution in [2.24, 2.45) is 0 Å². The molecule has 2 aromatic carbocycles. The Bertz CT molecular complexity index is 870. The topological polar surface area (TPSA) is 87.6 Å². The van der Waals surface area contributed by atoms with E-state index in [1.807, 2.05) is 18.2 Å². The van der Waals surface area contributed by atoms with Gasteiger partial charge in [-0.2, -0.15) is 5.26 Å². The summed E-state index contributed by atoms with van der Waals surface area (Å²) in [5, 5.41) is 13.0. The van der Waals surface area contributed by atoms with E-state index in [9.17, 15) is 0 Å². The molecule has 0 spiro atoms. The average Bonchev–Trinajstić information content (AvgIpc) is 2.49. The van der Waals surface area contributed by atoms with Crippen LogP contribution in [0.3, 0.4) is 0 Å². The maximum Gasteiger partial charge on any atom is 0.141 e. The molecule has 0 amide bonds. The molecule has 3 rings (SSSR count). The van der Waals surface area contributed by atoms with Gasteiger partial charge in [-0.3, -0.25) is 0 Å². The molecule has 3 N–H and O–H groups in total. The summed E-state index contributed by atoms with van der Waals surface area (Å²) < 4.78 is 0.795. The Labute approximate surface area is 129 Å². The fourth-order valence-electron chi connectivity index (χ4n) is 1.99. The van der Waals surface area contributed by atoms with Crippen LogP contribution in [0.15, 0.2) is 47.2 Å². The van der Waals surface area contributed by atoms with Crippen LogP contribution in [0.5, 0.6) is 0 Å². The standard InChI is InChI=1S/C15H10BrN5/c16-12-5-9(7-17)1-4-13(12)21-15-11-3-2-10(18)6-14(11)19-8-20-15/h1-6,8H,18H2,(H,19,20,21). The van der Waals surface area contributed by atoms with Gasteiger partial charge in [0.25, 0.3) is 0 Å². The summed E-state index contributed by atoms with van der Waals surface area (Å²) in [6, 6.07) is 12.9. The molecule has 0 aliphatic rings. The second-order valence-corrected chi connectivity index (χ2v) is 5.28. The number of nitrogens with one attached hydrogen (secondary N) is 1. The Morgan fingerprint density at radius 1 is 1.14 bits per heavy atom. The van der Waals surface area contributed by atoms with E-state index in [1.165, 1.54) is 6.33 Å². The lowest BCUT2D eigenvalue weighted by molar-refractivity contribution is 1.22. The van der Waals surface area contributed by atoms with Crippen LogP contribution in [0.25, 0.3) is 10.9 Å². The number of hydrogen-bond donors (Lipinski definition) is 2. The Morgan fingerprint density at radius 3 is 2.76 bits per heavy atom. The van der Waals surface area contributed by atoms with E-state index in [0.717, 1.165) is 21.1 Å². The molecular weight excluding hydrogens is 330 g/mol. The molecule has 1 heterocycles. The van der Waals surface area contributed by atoms with Crippen LogP contribution >= 0.6 is 15.9 Å². The van der Waals surface area contributed by atoms with Crippen molar-refractivity contribution in [2.45, 2.75) is 0 Å². The summed E-state index contributed by atoms with van der Waals surface area (Å²) in [5.41, 5.74) is 8.61. The molecule has 0 saturated heterocycles. The van der Waals surface area contributed by atoms with Crippen LogP contribution in [0.2, 0.25) is 0 Å². The minimum atomic E-state index is 0.591. The molecule has 21 heavy (non-hydrogen) atoms. The minimum absolute atomic E-state index is 0.591. The van der Waals surface area contributed by atoms with Crippen LogP contribution in [0, 0.1) is 11.3 Å². The number of benzene rings is 2. The quantitative estimate of drug-likeness (QED) is 0.696. The second-order valence-electron chi connectivity index (χ2n) is 4.43. The van der Waals surface area contributed by atoms with Gasteiger partial charge in [0.2, 0.25) is 0 Å². The van der Waals surface area contributed by atoms with Crippen LogP contribution in [-0.2, 0) is 0 Å². The molecule has 0 unspecified atom stereocenters. The third-order valence-electron chi connectivity index (χ3n) is 3.01. The van der Waals surface area contributed by atoms with Crippen molar-refractivity contribution in [1.82, 2.24) is 9.97 Å². The molecule has 0 saturated carbocycles. The molecule has 0 aliphatic carbocycles. The number of hydrogen-bond acceptors (Lipinski definition) is 5. The van der Waals surface area contributed by atoms with Gasteiger partial charge in [-0.25, -0.2) is 9.97 Å². The zero-order valence-corrected chi connectivity index (χ0v) is 12.4. The average molecular weight is 340 g/mol. The van der Waals surface area contributed by atoms with Gasteiger partial charge in [-0.1, -0.05) is 0 Å². The fraction of sp³-hybridized carbons (Fsp3) is 0. The third kappa shape index (κ3) is 2.64. The largest absolute Gasteiger partial charge is 0.399 e. The van der Waals surface area contributed by atoms with Gasteiger partial charge in [-0.15, -0.1) is 0 Å². The molecule has 0 radical (unpaired) electrons. The summed E-state index contributed by atoms with van der Waals surface area (Å²) in [5.74, 6) is 0.686. The Balaban J connectivity index is 2.04. The molecule has 0 bridgehead atoms. The predicted octanol–water partition coefficient (Wildman–Crippen LogP) is 3.59. The first kappa shape index (κ1) is 13.3. The normalized spacial score (nSPS) is 10.3. The molecule has 102 valence electrons. The summed E-state index contributed by atoms with van der Waals surface area (Å²) in [6.07, 6.45) is 1.49. The summed E-state index contributed by atoms with van der Waals surface area (Å²) in [4.78, 5) is 8.47. The Morgan fingerprint density at radius 2 is 2.00 bits per heavy atom. The van der Waals surface area contributed by atoms with Crippen molar-refractivity contribution in [1.29, 1.82) is 5.26 Å². The van der Waals surface area contributed by atoms with Gasteiger partial charge in [0.05, 0.1) is 22.8 Å². The van der Waals surface area contributed by atoms with E-state index < -0.39 is 0 Å². The highest BCUT2D eigenvalue weighted by atomic mass is 79.9. The monoisotopic (exact) mass is 339 g/mol. The molecule has 3 aromatic rings. The highest BCUT2D eigenvalue weighted by Gasteiger charge is 2.07. The van der Waals surface area contributed by atoms with Crippen molar-refractivity contribution >= 4 is 44.0 Å². The highest BCUT2D eigenvalue weighted by Crippen LogP contribution is 2.29. The summed E-state index contributed by atoms with van der Waals surface area (Å²) in [6.45, 7) is 0. The third-order valence-corrected chi connectivity index (χ3v) is 3.67. The number of halogens is 1. The van der Waals surface area contributed by atoms with Crippen LogP contribution < -0.4 is 11.1 Å². The van der Waals surface area contributed by atoms with Gasteiger partial charge < -0.3 is 11.1 Å². The Kier molecular flexibility index (Phi) is 3.42. The maximum atomic E-state index is 8.89. The SMILES string of the molecule is N#Cc1ccc(Nc2ncnc3cc(N)ccc23)c(Br)c1. The zero-order chi connectivity index (χ0) is 14.8. The van der Waals surface area contributed by atoms with Gasteiger partial charge in [-0.05, 0) is 52.3 Å². The van der Waals surface area contributed by atoms with Crippen LogP contribution in [0.1, 0.15) is 5.56 Å². The second kappa shape index (κ2) is 5.38. The van der Waals surface area contributed by atoms with Gasteiger partial charge >= 0.3 is 0 Å². The molecule has 1 aromatic heterocycles. The van der Waals surface area contributed by atoms with E-state index in [2.05, 4.69) is 37.3 Å². The molecule has 5 nitrogen and oxygen atoms in total. The van der Waals surface area contributed by atoms with Crippen LogP contribution in [-0.4, -0.2) is 9.97 Å². The van der Waals surface area contributed by atoms with E-state index in [0.29, 0.717) is 17.1 Å². The molecule has 0 atom stereocenters. The zero-order valence-electron chi connectivity index (χ0n) is 10.8. The smallest absolute Gasteiger partial charge is 0.141 e. The van der Waals surface area contributed by atoms with E-state index >= 15 is 0 Å². The van der Waals surface area contributed by atoms with Gasteiger partial charge in [0, 0.05) is 15.5 Å². The number of aromatic nitrogens is 2. The van der Waals surface area contributed by atoms with Crippen molar-refractivity contribution in [2.75, 3.05) is 11.1 Å². The predicted molar refractivity (Wildman–Crippen MR) is 86.1 cm³/mol. The highest BCUT2D eigenvalue weighted by molar-refractivity contribution is 9.10. The van der Waals surface area contributed by atoms with Crippen molar-refractivity contribution < 1.29 is 0 Å². The van der Waals surface area contributed by atoms with E-state index in [-0.39, 0.29) is 0 Å². The minimum Gasteiger partial charge on any atom is -0.399 e. The van der Waals surface area contributed by atoms with Gasteiger partial charge in [0.15, 0.2) is 0 Å². The molecule has 0 aliphatic heterocycles. The fourth-order valence-corrected chi connectivity index (χ4v) is 2.47. The lowest BCUT2D eigenvalue weighted by Crippen LogP contribution is -1.97. The van der Waals surface area contributed by atoms with E-state index in [1.54, 1.807) is 18.2 Å². The number of nitrogens with two attached hydrogens (primary N) is 1. The lowest BCUT2D eigenvalue weighted by atomic mass is 10.2. The molecular formula is C15H10BrN5. The number of rotatable bonds is 2. The Hall–Kier alpha value is -2.65. The lowest BCUT2D eigenvalue weighted by Gasteiger charge is -2.10. The number of nitrogens with zero attached hydrogens (tertiary/aromatic N) is 3. The first-order valence-electron chi connectivity index (χ1n) is 6.14. The number of anilines is 3. The van der Waals surface area contributed by atoms with Crippen LogP contribution in [0.4, 0.5) is 17.2 Å². The van der Waals surface area contributed by atoms with E-state index in [4.69, 9.17) is 11.0 Å².